The number of benzene rings is 2. The molecule has 1 aromatic heterocycles. The summed E-state index contributed by atoms with van der Waals surface area (Å²) in [4.78, 5) is 17.4. The molecule has 0 fully saturated rings. The average Bonchev–Trinajstić information content (AvgIpc) is 2.98. The second-order valence-corrected chi connectivity index (χ2v) is 8.92. The first-order chi connectivity index (χ1) is 12.7. The molecule has 0 aliphatic carbocycles. The average molecular weight is 449 g/mol. The van der Waals surface area contributed by atoms with E-state index in [4.69, 9.17) is 0 Å². The molecule has 0 bridgehead atoms. The highest BCUT2D eigenvalue weighted by Crippen LogP contribution is 2.22. The van der Waals surface area contributed by atoms with Gasteiger partial charge < -0.3 is 4.57 Å². The molecule has 3 aromatic rings. The van der Waals surface area contributed by atoms with E-state index in [0.29, 0.717) is 6.42 Å². The first-order valence-corrected chi connectivity index (χ1v) is 11.4. The molecule has 6 heteroatoms. The van der Waals surface area contributed by atoms with E-state index in [2.05, 4.69) is 68.8 Å². The Hall–Kier alpha value is -1.37. The third-order valence-corrected chi connectivity index (χ3v) is 6.62. The molecule has 2 aromatic carbocycles. The number of fused-ring (bicyclic) bond motifs is 1. The van der Waals surface area contributed by atoms with Gasteiger partial charge in [-0.05, 0) is 42.9 Å². The summed E-state index contributed by atoms with van der Waals surface area (Å²) in [5.74, 6) is 1.94. The highest BCUT2D eigenvalue weighted by Gasteiger charge is 2.07. The summed E-state index contributed by atoms with van der Waals surface area (Å²) in [6.07, 6.45) is 1.37. The van der Waals surface area contributed by atoms with Gasteiger partial charge in [-0.1, -0.05) is 57.6 Å². The zero-order chi connectivity index (χ0) is 18.4. The van der Waals surface area contributed by atoms with Crippen LogP contribution in [-0.2, 0) is 17.1 Å². The number of carbonyl (C=O) groups is 1. The summed E-state index contributed by atoms with van der Waals surface area (Å²) in [5.41, 5.74) is 2.46. The molecule has 0 radical (unpaired) electrons. The van der Waals surface area contributed by atoms with E-state index < -0.39 is 0 Å². The second kappa shape index (κ2) is 9.53. The summed E-state index contributed by atoms with van der Waals surface area (Å²) in [5, 5.41) is 0. The fourth-order valence-electron chi connectivity index (χ4n) is 2.69. The molecular weight excluding hydrogens is 428 g/mol. The van der Waals surface area contributed by atoms with Crippen molar-refractivity contribution in [3.63, 3.8) is 0 Å². The van der Waals surface area contributed by atoms with E-state index in [-0.39, 0.29) is 5.91 Å². The molecule has 0 unspecified atom stereocenters. The van der Waals surface area contributed by atoms with Crippen LogP contribution in [0, 0.1) is 0 Å². The molecule has 0 saturated heterocycles. The van der Waals surface area contributed by atoms with Gasteiger partial charge in [-0.2, -0.15) is 16.8 Å². The van der Waals surface area contributed by atoms with Gasteiger partial charge in [0.1, 0.15) is 0 Å². The predicted octanol–water partition coefficient (Wildman–Crippen LogP) is 5.63. The Kier molecular flexibility index (Phi) is 7.11. The molecule has 26 heavy (non-hydrogen) atoms. The van der Waals surface area contributed by atoms with Crippen molar-refractivity contribution >= 4 is 55.2 Å². The van der Waals surface area contributed by atoms with Crippen molar-refractivity contribution in [2.24, 2.45) is 4.99 Å². The van der Waals surface area contributed by atoms with Crippen LogP contribution in [0.15, 0.2) is 58.0 Å². The van der Waals surface area contributed by atoms with Crippen LogP contribution in [0.1, 0.15) is 25.3 Å². The normalized spacial score (nSPS) is 12.0. The lowest BCUT2D eigenvalue weighted by Gasteiger charge is -2.01. The Morgan fingerprint density at radius 3 is 2.81 bits per heavy atom. The van der Waals surface area contributed by atoms with Crippen LogP contribution in [0.4, 0.5) is 0 Å². The summed E-state index contributed by atoms with van der Waals surface area (Å²) in [7, 11) is 0. The van der Waals surface area contributed by atoms with Gasteiger partial charge in [-0.25, -0.2) is 0 Å². The third-order valence-electron chi connectivity index (χ3n) is 3.97. The highest BCUT2D eigenvalue weighted by molar-refractivity contribution is 9.10. The topological polar surface area (TPSA) is 34.4 Å². The smallest absolute Gasteiger partial charge is 0.248 e. The third kappa shape index (κ3) is 5.09. The van der Waals surface area contributed by atoms with E-state index in [1.807, 2.05) is 23.9 Å². The maximum absolute atomic E-state index is 12.3. The standard InChI is InChI=1S/C20H21BrN2OS2/c1-2-23-17-11-10-16(21)13-18(17)26-20(23)22-19(24)9-6-12-25-14-15-7-4-3-5-8-15/h3-5,7-8,10-11,13H,2,6,9,12,14H2,1H3. The number of halogens is 1. The van der Waals surface area contributed by atoms with E-state index >= 15 is 0 Å². The number of hydrogen-bond donors (Lipinski definition) is 0. The quantitative estimate of drug-likeness (QED) is 0.439. The Morgan fingerprint density at radius 1 is 1.23 bits per heavy atom. The van der Waals surface area contributed by atoms with E-state index in [1.54, 1.807) is 11.3 Å². The number of rotatable bonds is 7. The minimum atomic E-state index is -0.0295. The summed E-state index contributed by atoms with van der Waals surface area (Å²) >= 11 is 6.94. The lowest BCUT2D eigenvalue weighted by molar-refractivity contribution is -0.118. The molecule has 0 aliphatic rings. The molecule has 0 N–H and O–H groups in total. The molecular formula is C20H21BrN2OS2. The summed E-state index contributed by atoms with van der Waals surface area (Å²) in [6, 6.07) is 16.6. The molecule has 136 valence electrons. The summed E-state index contributed by atoms with van der Waals surface area (Å²) in [6.45, 7) is 2.89. The molecule has 3 rings (SSSR count). The summed E-state index contributed by atoms with van der Waals surface area (Å²) < 4.78 is 4.29. The van der Waals surface area contributed by atoms with Crippen LogP contribution >= 0.6 is 39.0 Å². The number of nitrogens with zero attached hydrogens (tertiary/aromatic N) is 2. The van der Waals surface area contributed by atoms with Crippen molar-refractivity contribution in [3.05, 3.63) is 63.4 Å². The predicted molar refractivity (Wildman–Crippen MR) is 116 cm³/mol. The number of carbonyl (C=O) groups excluding carboxylic acids is 1. The molecule has 1 heterocycles. The van der Waals surface area contributed by atoms with Gasteiger partial charge in [0.2, 0.25) is 5.91 Å². The van der Waals surface area contributed by atoms with Crippen molar-refractivity contribution in [1.29, 1.82) is 0 Å². The molecule has 3 nitrogen and oxygen atoms in total. The van der Waals surface area contributed by atoms with E-state index in [1.165, 1.54) is 5.56 Å². The van der Waals surface area contributed by atoms with Crippen LogP contribution in [0.3, 0.4) is 0 Å². The number of amides is 1. The van der Waals surface area contributed by atoms with Crippen LogP contribution in [0.2, 0.25) is 0 Å². The maximum atomic E-state index is 12.3. The van der Waals surface area contributed by atoms with Crippen molar-refractivity contribution in [2.45, 2.75) is 32.1 Å². The van der Waals surface area contributed by atoms with Crippen molar-refractivity contribution in [1.82, 2.24) is 4.57 Å². The van der Waals surface area contributed by atoms with Gasteiger partial charge in [0.15, 0.2) is 4.80 Å². The molecule has 0 aliphatic heterocycles. The van der Waals surface area contributed by atoms with Gasteiger partial charge in [0.25, 0.3) is 0 Å². The maximum Gasteiger partial charge on any atom is 0.248 e. The number of hydrogen-bond acceptors (Lipinski definition) is 3. The minimum absolute atomic E-state index is 0.0295. The Bertz CT molecular complexity index is 947. The van der Waals surface area contributed by atoms with Gasteiger partial charge in [-0.3, -0.25) is 4.79 Å². The van der Waals surface area contributed by atoms with Gasteiger partial charge in [0.05, 0.1) is 10.2 Å². The van der Waals surface area contributed by atoms with Gasteiger partial charge in [-0.15, -0.1) is 0 Å². The van der Waals surface area contributed by atoms with Crippen molar-refractivity contribution in [3.8, 4) is 0 Å². The first kappa shape index (κ1) is 19.4. The van der Waals surface area contributed by atoms with Crippen LogP contribution in [0.25, 0.3) is 10.2 Å². The Morgan fingerprint density at radius 2 is 2.04 bits per heavy atom. The first-order valence-electron chi connectivity index (χ1n) is 8.65. The van der Waals surface area contributed by atoms with Crippen LogP contribution < -0.4 is 4.80 Å². The fraction of sp³-hybridized carbons (Fsp3) is 0.300. The molecule has 1 amide bonds. The largest absolute Gasteiger partial charge is 0.317 e. The van der Waals surface area contributed by atoms with Crippen molar-refractivity contribution < 1.29 is 4.79 Å². The Balaban J connectivity index is 1.57. The fourth-order valence-corrected chi connectivity index (χ4v) is 5.27. The van der Waals surface area contributed by atoms with Crippen LogP contribution in [-0.4, -0.2) is 16.2 Å². The van der Waals surface area contributed by atoms with E-state index in [0.717, 1.165) is 44.0 Å². The van der Waals surface area contributed by atoms with Crippen LogP contribution in [0.5, 0.6) is 0 Å². The molecule has 0 saturated carbocycles. The number of thioether (sulfide) groups is 1. The monoisotopic (exact) mass is 448 g/mol. The highest BCUT2D eigenvalue weighted by atomic mass is 79.9. The number of aryl methyl sites for hydroxylation is 1. The van der Waals surface area contributed by atoms with E-state index in [9.17, 15) is 4.79 Å². The zero-order valence-corrected chi connectivity index (χ0v) is 17.9. The minimum Gasteiger partial charge on any atom is -0.317 e. The number of thiazole rings is 1. The van der Waals surface area contributed by atoms with Gasteiger partial charge >= 0.3 is 0 Å². The molecule has 0 atom stereocenters. The number of aromatic nitrogens is 1. The SMILES string of the molecule is CCn1c(=NC(=O)CCCSCc2ccccc2)sc2cc(Br)ccc21. The second-order valence-electron chi connectivity index (χ2n) is 5.89. The van der Waals surface area contributed by atoms with Crippen molar-refractivity contribution in [2.75, 3.05) is 5.75 Å². The molecule has 0 spiro atoms. The Labute approximate surface area is 170 Å². The zero-order valence-electron chi connectivity index (χ0n) is 14.7. The lowest BCUT2D eigenvalue weighted by atomic mass is 10.2. The van der Waals surface area contributed by atoms with Gasteiger partial charge in [0, 0.05) is 23.2 Å². The lowest BCUT2D eigenvalue weighted by Crippen LogP contribution is -2.15.